The van der Waals surface area contributed by atoms with E-state index < -0.39 is 36.0 Å². The van der Waals surface area contributed by atoms with Crippen LogP contribution >= 0.6 is 0 Å². The molecule has 0 aliphatic heterocycles. The molecule has 2 heterocycles. The predicted octanol–water partition coefficient (Wildman–Crippen LogP) is 4.23. The Balaban J connectivity index is 1.94. The van der Waals surface area contributed by atoms with E-state index in [1.807, 2.05) is 0 Å². The molecule has 3 rings (SSSR count). The van der Waals surface area contributed by atoms with Gasteiger partial charge in [0.2, 0.25) is 0 Å². The topological polar surface area (TPSA) is 110 Å². The number of carbonyl (C=O) groups is 2. The first kappa shape index (κ1) is 28.3. The highest BCUT2D eigenvalue weighted by Gasteiger charge is 2.32. The lowest BCUT2D eigenvalue weighted by molar-refractivity contribution is -0.153. The number of nitrogens with zero attached hydrogens (tertiary/aromatic N) is 4. The molecule has 37 heavy (non-hydrogen) atoms. The van der Waals surface area contributed by atoms with Gasteiger partial charge in [-0.25, -0.2) is 9.36 Å². The van der Waals surface area contributed by atoms with E-state index >= 15 is 0 Å². The summed E-state index contributed by atoms with van der Waals surface area (Å²) in [6.45, 7) is 5.00. The normalized spacial score (nSPS) is 12.6. The van der Waals surface area contributed by atoms with Gasteiger partial charge in [-0.15, -0.1) is 0 Å². The zero-order chi connectivity index (χ0) is 27.3. The Morgan fingerprint density at radius 3 is 2.57 bits per heavy atom. The Bertz CT molecular complexity index is 1260. The molecule has 0 saturated heterocycles. The van der Waals surface area contributed by atoms with E-state index in [9.17, 15) is 27.3 Å². The van der Waals surface area contributed by atoms with Crippen molar-refractivity contribution in [2.45, 2.75) is 50.8 Å². The average Bonchev–Trinajstić information content (AvgIpc) is 3.21. The van der Waals surface area contributed by atoms with Gasteiger partial charge in [-0.1, -0.05) is 12.1 Å². The summed E-state index contributed by atoms with van der Waals surface area (Å²) < 4.78 is 62.4. The minimum Gasteiger partial charge on any atom is -0.609 e. The lowest BCUT2D eigenvalue weighted by Crippen LogP contribution is -2.42. The summed E-state index contributed by atoms with van der Waals surface area (Å²) in [4.78, 5) is 34.9. The highest BCUT2D eigenvalue weighted by Crippen LogP contribution is 2.27. The standard InChI is InChI=1S/C24H27F3N4O5S/c1-15(2)30(11-12-35-17(4)32)23(33)31-20-8-6-5-7-18(20)29-22(31)37(34)13-19-16(3)21(9-10-28-19)36-14-24(25,26)27/h5-10,15H,11-14H2,1-4H3/t37-/m1/s1. The van der Waals surface area contributed by atoms with Gasteiger partial charge in [0.25, 0.3) is 0 Å². The Kier molecular flexibility index (Phi) is 9.02. The van der Waals surface area contributed by atoms with E-state index in [0.717, 1.165) is 0 Å². The third-order valence-electron chi connectivity index (χ3n) is 5.35. The molecular formula is C24H27F3N4O5S. The quantitative estimate of drug-likeness (QED) is 0.295. The van der Waals surface area contributed by atoms with Gasteiger partial charge in [0.15, 0.2) is 12.4 Å². The van der Waals surface area contributed by atoms with Crippen molar-refractivity contribution in [2.75, 3.05) is 19.8 Å². The fraction of sp³-hybridized carbons (Fsp3) is 0.417. The van der Waals surface area contributed by atoms with Crippen LogP contribution in [-0.4, -0.2) is 68.0 Å². The van der Waals surface area contributed by atoms with Gasteiger partial charge >= 0.3 is 23.3 Å². The fourth-order valence-electron chi connectivity index (χ4n) is 3.54. The molecule has 0 unspecified atom stereocenters. The molecule has 0 saturated carbocycles. The molecule has 0 aliphatic rings. The van der Waals surface area contributed by atoms with Gasteiger partial charge in [0, 0.05) is 35.9 Å². The Morgan fingerprint density at radius 2 is 1.92 bits per heavy atom. The second-order valence-electron chi connectivity index (χ2n) is 8.40. The van der Waals surface area contributed by atoms with E-state index in [1.54, 1.807) is 38.1 Å². The van der Waals surface area contributed by atoms with Crippen LogP contribution in [0.15, 0.2) is 41.7 Å². The van der Waals surface area contributed by atoms with Crippen LogP contribution in [0.3, 0.4) is 0 Å². The third kappa shape index (κ3) is 7.13. The lowest BCUT2D eigenvalue weighted by Gasteiger charge is -2.27. The average molecular weight is 541 g/mol. The molecule has 1 amide bonds. The van der Waals surface area contributed by atoms with E-state index in [-0.39, 0.29) is 41.5 Å². The monoisotopic (exact) mass is 540 g/mol. The van der Waals surface area contributed by atoms with E-state index in [0.29, 0.717) is 16.6 Å². The predicted molar refractivity (Wildman–Crippen MR) is 130 cm³/mol. The Hall–Kier alpha value is -3.32. The summed E-state index contributed by atoms with van der Waals surface area (Å²) in [7, 11) is 0. The number of imidazole rings is 1. The first-order valence-corrected chi connectivity index (χ1v) is 12.6. The number of para-hydroxylation sites is 2. The van der Waals surface area contributed by atoms with Gasteiger partial charge in [-0.05, 0) is 39.0 Å². The number of rotatable bonds is 9. The maximum atomic E-state index is 13.6. The smallest absolute Gasteiger partial charge is 0.422 e. The van der Waals surface area contributed by atoms with Crippen molar-refractivity contribution < 1.29 is 36.8 Å². The van der Waals surface area contributed by atoms with E-state index in [1.165, 1.54) is 35.6 Å². The van der Waals surface area contributed by atoms with Crippen molar-refractivity contribution in [3.05, 3.63) is 47.8 Å². The number of benzene rings is 1. The van der Waals surface area contributed by atoms with Crippen molar-refractivity contribution in [1.29, 1.82) is 0 Å². The molecule has 1 atom stereocenters. The number of hydrogen-bond acceptors (Lipinski definition) is 7. The van der Waals surface area contributed by atoms with Crippen LogP contribution in [0, 0.1) is 6.92 Å². The number of alkyl halides is 3. The van der Waals surface area contributed by atoms with Gasteiger partial charge in [0.05, 0.1) is 23.3 Å². The maximum absolute atomic E-state index is 13.6. The molecule has 0 N–H and O–H groups in total. The van der Waals surface area contributed by atoms with Crippen molar-refractivity contribution in [2.24, 2.45) is 0 Å². The molecule has 3 aromatic rings. The summed E-state index contributed by atoms with van der Waals surface area (Å²) in [5.41, 5.74) is 1.43. The first-order valence-electron chi connectivity index (χ1n) is 11.3. The van der Waals surface area contributed by atoms with E-state index in [2.05, 4.69) is 9.97 Å². The minimum absolute atomic E-state index is 0.0157. The third-order valence-corrected chi connectivity index (χ3v) is 6.57. The minimum atomic E-state index is -4.51. The van der Waals surface area contributed by atoms with Crippen LogP contribution in [0.1, 0.15) is 32.0 Å². The largest absolute Gasteiger partial charge is 0.609 e. The number of aromatic nitrogens is 3. The van der Waals surface area contributed by atoms with Gasteiger partial charge in [-0.3, -0.25) is 9.78 Å². The zero-order valence-electron chi connectivity index (χ0n) is 20.7. The Morgan fingerprint density at radius 1 is 1.22 bits per heavy atom. The summed E-state index contributed by atoms with van der Waals surface area (Å²) in [5, 5.41) is -0.0350. The Labute approximate surface area is 214 Å². The molecule has 0 fully saturated rings. The van der Waals surface area contributed by atoms with Crippen LogP contribution in [0.25, 0.3) is 11.0 Å². The number of hydrogen-bond donors (Lipinski definition) is 0. The molecule has 9 nitrogen and oxygen atoms in total. The van der Waals surface area contributed by atoms with Crippen molar-refractivity contribution >= 4 is 34.2 Å². The highest BCUT2D eigenvalue weighted by molar-refractivity contribution is 7.90. The SMILES string of the molecule is CC(=O)OCCN(C(=O)n1c([S@+]([O-])Cc2nccc(OCC(F)(F)F)c2C)nc2ccccc21)C(C)C. The summed E-state index contributed by atoms with van der Waals surface area (Å²) in [6.07, 6.45) is -3.24. The number of esters is 1. The number of fused-ring (bicyclic) bond motifs is 1. The highest BCUT2D eigenvalue weighted by atomic mass is 32.2. The fourth-order valence-corrected chi connectivity index (χ4v) is 4.79. The molecule has 13 heteroatoms. The number of pyridine rings is 1. The second-order valence-corrected chi connectivity index (χ2v) is 9.75. The number of carbonyl (C=O) groups excluding carboxylic acids is 2. The number of amides is 1. The zero-order valence-corrected chi connectivity index (χ0v) is 21.6. The van der Waals surface area contributed by atoms with Crippen LogP contribution in [0.2, 0.25) is 0 Å². The van der Waals surface area contributed by atoms with Gasteiger partial charge in [0.1, 0.15) is 12.4 Å². The molecule has 0 radical (unpaired) electrons. The van der Waals surface area contributed by atoms with Gasteiger partial charge in [-0.2, -0.15) is 18.2 Å². The van der Waals surface area contributed by atoms with Crippen LogP contribution in [0.4, 0.5) is 18.0 Å². The molecule has 0 bridgehead atoms. The summed E-state index contributed by atoms with van der Waals surface area (Å²) in [6, 6.07) is 7.30. The molecule has 0 aliphatic carbocycles. The first-order chi connectivity index (χ1) is 17.4. The second kappa shape index (κ2) is 11.8. The van der Waals surface area contributed by atoms with Crippen LogP contribution < -0.4 is 4.74 Å². The van der Waals surface area contributed by atoms with Crippen molar-refractivity contribution in [3.63, 3.8) is 0 Å². The summed E-state index contributed by atoms with van der Waals surface area (Å²) >= 11 is -1.90. The molecule has 2 aromatic heterocycles. The molecule has 200 valence electrons. The lowest BCUT2D eigenvalue weighted by atomic mass is 10.2. The van der Waals surface area contributed by atoms with Crippen molar-refractivity contribution in [1.82, 2.24) is 19.4 Å². The van der Waals surface area contributed by atoms with Gasteiger partial charge < -0.3 is 18.9 Å². The maximum Gasteiger partial charge on any atom is 0.422 e. The molecular weight excluding hydrogens is 513 g/mol. The molecule has 1 aromatic carbocycles. The van der Waals surface area contributed by atoms with E-state index in [4.69, 9.17) is 9.47 Å². The number of halogens is 3. The van der Waals surface area contributed by atoms with Crippen LogP contribution in [-0.2, 0) is 26.5 Å². The summed E-state index contributed by atoms with van der Waals surface area (Å²) in [5.74, 6) is -0.712. The van der Waals surface area contributed by atoms with Crippen LogP contribution in [0.5, 0.6) is 5.75 Å². The molecule has 0 spiro atoms. The number of ether oxygens (including phenoxy) is 2. The van der Waals surface area contributed by atoms with Crippen molar-refractivity contribution in [3.8, 4) is 5.75 Å².